The Bertz CT molecular complexity index is 303. The number of aliphatic hydroxyl groups is 1. The van der Waals surface area contributed by atoms with Crippen LogP contribution in [0.15, 0.2) is 0 Å². The fourth-order valence-electron chi connectivity index (χ4n) is 1.39. The van der Waals surface area contributed by atoms with Crippen molar-refractivity contribution in [3.8, 4) is 0 Å². The van der Waals surface area contributed by atoms with Crippen molar-refractivity contribution in [3.05, 3.63) is 0 Å². The zero-order chi connectivity index (χ0) is 12.4. The summed E-state index contributed by atoms with van der Waals surface area (Å²) in [6.45, 7) is 7.52. The van der Waals surface area contributed by atoms with Crippen LogP contribution in [0.5, 0.6) is 0 Å². The van der Waals surface area contributed by atoms with Gasteiger partial charge in [0, 0.05) is 0 Å². The fraction of sp³-hybridized carbons (Fsp3) is 0.818. The molecule has 0 aromatic carbocycles. The molecular formula is C11H21NO3S. The highest BCUT2D eigenvalue weighted by Gasteiger charge is 2.45. The summed E-state index contributed by atoms with van der Waals surface area (Å²) >= 11 is 0. The van der Waals surface area contributed by atoms with E-state index in [9.17, 15) is 9.90 Å². The van der Waals surface area contributed by atoms with E-state index in [-0.39, 0.29) is 11.4 Å². The highest BCUT2D eigenvalue weighted by Crippen LogP contribution is 2.50. The number of ether oxygens (including phenoxy) is 1. The number of carbonyl (C=O) groups excluding carboxylic acids is 1. The van der Waals surface area contributed by atoms with Crippen LogP contribution in [-0.2, 0) is 4.74 Å². The molecule has 0 bridgehead atoms. The molecule has 1 aliphatic carbocycles. The summed E-state index contributed by atoms with van der Waals surface area (Å²) in [6.07, 6.45) is 1.52. The van der Waals surface area contributed by atoms with E-state index in [1.54, 1.807) is 0 Å². The number of hydrogen-bond acceptors (Lipinski definition) is 3. The van der Waals surface area contributed by atoms with Crippen molar-refractivity contribution in [2.75, 3.05) is 6.61 Å². The Morgan fingerprint density at radius 3 is 2.44 bits per heavy atom. The van der Waals surface area contributed by atoms with Gasteiger partial charge >= 0.3 is 6.09 Å². The smallest absolute Gasteiger partial charge is 0.417 e. The Kier molecular flexibility index (Phi) is 4.02. The topological polar surface area (TPSA) is 58.6 Å². The zero-order valence-electron chi connectivity index (χ0n) is 10.4. The maximum Gasteiger partial charge on any atom is 0.417 e. The van der Waals surface area contributed by atoms with Crippen molar-refractivity contribution in [1.82, 2.24) is 4.72 Å². The van der Waals surface area contributed by atoms with Gasteiger partial charge in [0.05, 0.1) is 11.4 Å². The van der Waals surface area contributed by atoms with Gasteiger partial charge in [-0.1, -0.05) is 10.7 Å². The van der Waals surface area contributed by atoms with Crippen LogP contribution in [0.4, 0.5) is 4.79 Å². The van der Waals surface area contributed by atoms with E-state index in [0.717, 1.165) is 12.8 Å². The predicted octanol–water partition coefficient (Wildman–Crippen LogP) is 2.04. The Morgan fingerprint density at radius 2 is 2.12 bits per heavy atom. The summed E-state index contributed by atoms with van der Waals surface area (Å²) in [4.78, 5) is 11.6. The van der Waals surface area contributed by atoms with Gasteiger partial charge in [-0.2, -0.15) is 0 Å². The van der Waals surface area contributed by atoms with E-state index in [0.29, 0.717) is 0 Å². The maximum atomic E-state index is 11.6. The molecule has 0 aromatic rings. The molecule has 0 heterocycles. The molecule has 0 saturated heterocycles. The van der Waals surface area contributed by atoms with Crippen molar-refractivity contribution in [1.29, 1.82) is 0 Å². The summed E-state index contributed by atoms with van der Waals surface area (Å²) in [5, 5.41) is 11.2. The molecule has 0 radical (unpaired) electrons. The molecule has 2 N–H and O–H groups in total. The summed E-state index contributed by atoms with van der Waals surface area (Å²) in [5.74, 6) is 0. The second-order valence-corrected chi connectivity index (χ2v) is 7.24. The second-order valence-electron chi connectivity index (χ2n) is 5.02. The van der Waals surface area contributed by atoms with Crippen molar-refractivity contribution in [3.63, 3.8) is 0 Å². The number of aliphatic hydroxyl groups excluding tert-OH is 1. The Labute approximate surface area is 99.4 Å². The molecule has 1 saturated carbocycles. The van der Waals surface area contributed by atoms with Crippen LogP contribution >= 0.6 is 10.7 Å². The fourth-order valence-corrected chi connectivity index (χ4v) is 3.13. The second kappa shape index (κ2) is 4.75. The molecule has 1 atom stereocenters. The van der Waals surface area contributed by atoms with Crippen LogP contribution in [0.25, 0.3) is 0 Å². The van der Waals surface area contributed by atoms with Crippen LogP contribution in [-0.4, -0.2) is 33.5 Å². The first kappa shape index (κ1) is 13.5. The minimum Gasteiger partial charge on any atom is -0.443 e. The standard InChI is InChI=1S/C11H21NO3S/c1-5-16(11(8-13)6-7-11)12-9(14)15-10(2,3)4/h5,13H,6-8H2,1-4H3,(H,12,14). The van der Waals surface area contributed by atoms with Gasteiger partial charge in [0.2, 0.25) is 0 Å². The molecule has 0 aromatic heterocycles. The van der Waals surface area contributed by atoms with Gasteiger partial charge in [-0.05, 0) is 45.9 Å². The molecule has 1 fully saturated rings. The maximum absolute atomic E-state index is 11.6. The van der Waals surface area contributed by atoms with E-state index < -0.39 is 22.4 Å². The number of amides is 1. The van der Waals surface area contributed by atoms with Gasteiger partial charge in [0.1, 0.15) is 5.60 Å². The largest absolute Gasteiger partial charge is 0.443 e. The first-order chi connectivity index (χ1) is 7.33. The Balaban J connectivity index is 2.56. The lowest BCUT2D eigenvalue weighted by Gasteiger charge is -2.23. The Hall–Kier alpha value is -0.550. The molecule has 94 valence electrons. The van der Waals surface area contributed by atoms with Gasteiger partial charge in [-0.25, -0.2) is 4.79 Å². The molecule has 1 rings (SSSR count). The lowest BCUT2D eigenvalue weighted by atomic mass is 10.2. The van der Waals surface area contributed by atoms with Crippen molar-refractivity contribution >= 4 is 22.1 Å². The average Bonchev–Trinajstić information content (AvgIpc) is 2.92. The highest BCUT2D eigenvalue weighted by molar-refractivity contribution is 8.15. The number of hydrogen-bond donors (Lipinski definition) is 2. The molecule has 1 aliphatic rings. The average molecular weight is 247 g/mol. The predicted molar refractivity (Wildman–Crippen MR) is 67.7 cm³/mol. The molecule has 1 unspecified atom stereocenters. The third kappa shape index (κ3) is 3.49. The van der Waals surface area contributed by atoms with Crippen molar-refractivity contribution < 1.29 is 14.6 Å². The number of carbonyl (C=O) groups is 1. The highest BCUT2D eigenvalue weighted by atomic mass is 32.2. The SMILES string of the molecule is C/C=S(/NC(=O)OC(C)(C)C)C1(CO)CC1. The minimum atomic E-state index is -0.483. The molecule has 5 heteroatoms. The van der Waals surface area contributed by atoms with Gasteiger partial charge < -0.3 is 9.84 Å². The number of nitrogens with one attached hydrogen (secondary N) is 1. The van der Waals surface area contributed by atoms with E-state index in [4.69, 9.17) is 4.74 Å². The van der Waals surface area contributed by atoms with Crippen LogP contribution in [0.3, 0.4) is 0 Å². The summed E-state index contributed by atoms with van der Waals surface area (Å²) < 4.78 is 7.90. The van der Waals surface area contributed by atoms with Gasteiger partial charge in [0.25, 0.3) is 0 Å². The molecule has 0 spiro atoms. The quantitative estimate of drug-likeness (QED) is 0.750. The van der Waals surface area contributed by atoms with Gasteiger partial charge in [-0.3, -0.25) is 4.72 Å². The monoisotopic (exact) mass is 247 g/mol. The van der Waals surface area contributed by atoms with Gasteiger partial charge in [-0.15, -0.1) is 0 Å². The molecule has 0 aliphatic heterocycles. The number of rotatable bonds is 3. The lowest BCUT2D eigenvalue weighted by Crippen LogP contribution is -2.33. The molecule has 1 amide bonds. The molecule has 4 nitrogen and oxygen atoms in total. The van der Waals surface area contributed by atoms with Crippen LogP contribution in [0, 0.1) is 0 Å². The zero-order valence-corrected chi connectivity index (χ0v) is 11.2. The normalized spacial score (nSPS) is 20.3. The van der Waals surface area contributed by atoms with Crippen LogP contribution < -0.4 is 4.72 Å². The summed E-state index contributed by atoms with van der Waals surface area (Å²) in [5.41, 5.74) is -0.483. The third-order valence-electron chi connectivity index (χ3n) is 2.39. The lowest BCUT2D eigenvalue weighted by molar-refractivity contribution is 0.0574. The van der Waals surface area contributed by atoms with Gasteiger partial charge in [0.15, 0.2) is 0 Å². The summed E-state index contributed by atoms with van der Waals surface area (Å²) in [6, 6.07) is 0. The van der Waals surface area contributed by atoms with Crippen LogP contribution in [0.2, 0.25) is 0 Å². The molecule has 16 heavy (non-hydrogen) atoms. The first-order valence-corrected chi connectivity index (χ1v) is 6.75. The van der Waals surface area contributed by atoms with Crippen molar-refractivity contribution in [2.45, 2.75) is 50.9 Å². The van der Waals surface area contributed by atoms with E-state index in [1.165, 1.54) is 0 Å². The van der Waals surface area contributed by atoms with E-state index >= 15 is 0 Å². The summed E-state index contributed by atoms with van der Waals surface area (Å²) in [7, 11) is -0.395. The molecular weight excluding hydrogens is 226 g/mol. The van der Waals surface area contributed by atoms with Crippen LogP contribution in [0.1, 0.15) is 40.5 Å². The minimum absolute atomic E-state index is 0.119. The third-order valence-corrected chi connectivity index (χ3v) is 4.72. The van der Waals surface area contributed by atoms with Crippen molar-refractivity contribution in [2.24, 2.45) is 0 Å². The first-order valence-electron chi connectivity index (χ1n) is 5.46. The Morgan fingerprint density at radius 1 is 1.56 bits per heavy atom. The van der Waals surface area contributed by atoms with E-state index in [2.05, 4.69) is 4.72 Å². The van der Waals surface area contributed by atoms with E-state index in [1.807, 2.05) is 33.1 Å².